The number of alkyl halides is 2. The molecule has 0 amide bonds. The number of nitrogens with zero attached hydrogens (tertiary/aromatic N) is 2. The smallest absolute Gasteiger partial charge is 0.387 e. The van der Waals surface area contributed by atoms with Crippen LogP contribution in [-0.2, 0) is 11.3 Å². The first-order valence-corrected chi connectivity index (χ1v) is 12.2. The highest BCUT2D eigenvalue weighted by Crippen LogP contribution is 2.45. The van der Waals surface area contributed by atoms with E-state index in [1.807, 2.05) is 13.8 Å². The number of carboxylic acid groups (broad SMARTS) is 1. The number of aliphatic carboxylic acids is 1. The van der Waals surface area contributed by atoms with Crippen molar-refractivity contribution in [3.8, 4) is 16.3 Å². The van der Waals surface area contributed by atoms with Crippen LogP contribution in [0.2, 0.25) is 0 Å². The SMILES string of the molecule is CCC[C@@]1(C(=O)O)CC(C(C)(C)C)CN(Cc2cnc(-c3cc(C)ccc3OC(F)F)s2)C1. The summed E-state index contributed by atoms with van der Waals surface area (Å²) in [6.07, 6.45) is 3.91. The fraction of sp³-hybridized carbons (Fsp3) is 0.600. The lowest BCUT2D eigenvalue weighted by atomic mass is 9.65. The molecule has 0 radical (unpaired) electrons. The number of aryl methyl sites for hydroxylation is 1. The Hall–Kier alpha value is -2.06. The minimum atomic E-state index is -2.91. The Morgan fingerprint density at radius 3 is 2.73 bits per heavy atom. The van der Waals surface area contributed by atoms with E-state index < -0.39 is 18.0 Å². The first kappa shape index (κ1) is 25.6. The quantitative estimate of drug-likeness (QED) is 0.470. The molecule has 0 aliphatic carbocycles. The molecule has 0 saturated carbocycles. The summed E-state index contributed by atoms with van der Waals surface area (Å²) in [6, 6.07) is 5.07. The van der Waals surface area contributed by atoms with Gasteiger partial charge < -0.3 is 9.84 Å². The second kappa shape index (κ2) is 10.1. The second-order valence-corrected chi connectivity index (χ2v) is 11.4. The Bertz CT molecular complexity index is 973. The van der Waals surface area contributed by atoms with Gasteiger partial charge in [0.25, 0.3) is 0 Å². The molecule has 1 N–H and O–H groups in total. The number of hydrogen-bond donors (Lipinski definition) is 1. The molecule has 5 nitrogen and oxygen atoms in total. The van der Waals surface area contributed by atoms with E-state index in [9.17, 15) is 18.7 Å². The lowest BCUT2D eigenvalue weighted by Gasteiger charge is -2.48. The number of carboxylic acids is 1. The third kappa shape index (κ3) is 6.09. The monoisotopic (exact) mass is 480 g/mol. The molecule has 0 spiro atoms. The summed E-state index contributed by atoms with van der Waals surface area (Å²) in [7, 11) is 0. The van der Waals surface area contributed by atoms with Gasteiger partial charge in [0, 0.05) is 30.7 Å². The molecule has 33 heavy (non-hydrogen) atoms. The van der Waals surface area contributed by atoms with Gasteiger partial charge in [-0.3, -0.25) is 9.69 Å². The van der Waals surface area contributed by atoms with Crippen LogP contribution in [0.3, 0.4) is 0 Å². The standard InChI is InChI=1S/C25H34F2N2O3S/c1-6-9-25(22(30)31)11-17(24(3,4)5)13-29(15-25)14-18-12-28-21(33-18)19-10-16(2)7-8-20(19)32-23(26)27/h7-8,10,12,17,23H,6,9,11,13-15H2,1-5H3,(H,30,31)/t17?,25-/m1/s1. The van der Waals surface area contributed by atoms with Crippen LogP contribution in [0, 0.1) is 23.7 Å². The van der Waals surface area contributed by atoms with Crippen molar-refractivity contribution < 1.29 is 23.4 Å². The van der Waals surface area contributed by atoms with E-state index in [0.29, 0.717) is 36.5 Å². The Morgan fingerprint density at radius 1 is 1.39 bits per heavy atom. The van der Waals surface area contributed by atoms with E-state index in [0.717, 1.165) is 23.4 Å². The number of ether oxygens (including phenoxy) is 1. The number of rotatable bonds is 8. The predicted molar refractivity (Wildman–Crippen MR) is 127 cm³/mol. The van der Waals surface area contributed by atoms with E-state index >= 15 is 0 Å². The molecule has 2 atom stereocenters. The Kier molecular flexibility index (Phi) is 7.79. The molecule has 182 valence electrons. The minimum absolute atomic E-state index is 0.00491. The summed E-state index contributed by atoms with van der Waals surface area (Å²) < 4.78 is 30.4. The molecule has 2 aromatic rings. The number of likely N-dealkylation sites (tertiary alicyclic amines) is 1. The van der Waals surface area contributed by atoms with Gasteiger partial charge in [0.15, 0.2) is 0 Å². The molecule has 3 rings (SSSR count). The zero-order valence-electron chi connectivity index (χ0n) is 20.0. The number of halogens is 2. The molecule has 1 aliphatic heterocycles. The number of carbonyl (C=O) groups is 1. The van der Waals surface area contributed by atoms with Crippen LogP contribution in [0.4, 0.5) is 8.78 Å². The van der Waals surface area contributed by atoms with Crippen LogP contribution < -0.4 is 4.74 Å². The highest BCUT2D eigenvalue weighted by atomic mass is 32.1. The fourth-order valence-corrected chi connectivity index (χ4v) is 5.74. The third-order valence-corrected chi connectivity index (χ3v) is 7.58. The van der Waals surface area contributed by atoms with Crippen LogP contribution in [-0.4, -0.2) is 40.7 Å². The van der Waals surface area contributed by atoms with Gasteiger partial charge in [-0.15, -0.1) is 11.3 Å². The summed E-state index contributed by atoms with van der Waals surface area (Å²) >= 11 is 1.44. The van der Waals surface area contributed by atoms with E-state index in [1.165, 1.54) is 11.3 Å². The van der Waals surface area contributed by atoms with Crippen LogP contribution in [0.1, 0.15) is 57.4 Å². The van der Waals surface area contributed by atoms with E-state index in [1.54, 1.807) is 24.4 Å². The number of piperidine rings is 1. The third-order valence-electron chi connectivity index (χ3n) is 6.56. The zero-order chi connectivity index (χ0) is 24.4. The van der Waals surface area contributed by atoms with Crippen molar-refractivity contribution in [1.82, 2.24) is 9.88 Å². The topological polar surface area (TPSA) is 62.7 Å². The number of hydrogen-bond acceptors (Lipinski definition) is 5. The highest BCUT2D eigenvalue weighted by molar-refractivity contribution is 7.15. The summed E-state index contributed by atoms with van der Waals surface area (Å²) in [5, 5.41) is 10.8. The molecule has 1 aromatic carbocycles. The first-order valence-electron chi connectivity index (χ1n) is 11.4. The molecule has 2 heterocycles. The van der Waals surface area contributed by atoms with Crippen LogP contribution in [0.15, 0.2) is 24.4 Å². The molecule has 8 heteroatoms. The van der Waals surface area contributed by atoms with Crippen molar-refractivity contribution in [1.29, 1.82) is 0 Å². The predicted octanol–water partition coefficient (Wildman–Crippen LogP) is 6.46. The first-order chi connectivity index (χ1) is 15.4. The largest absolute Gasteiger partial charge is 0.481 e. The van der Waals surface area contributed by atoms with Crippen LogP contribution in [0.5, 0.6) is 5.75 Å². The summed E-state index contributed by atoms with van der Waals surface area (Å²) in [4.78, 5) is 20.1. The average molecular weight is 481 g/mol. The molecule has 1 fully saturated rings. The molecular formula is C25H34F2N2O3S. The maximum atomic E-state index is 12.9. The normalized spacial score (nSPS) is 22.0. The lowest BCUT2D eigenvalue weighted by Crippen LogP contribution is -2.53. The number of benzene rings is 1. The summed E-state index contributed by atoms with van der Waals surface area (Å²) in [5.41, 5.74) is 0.712. The molecule has 1 unspecified atom stereocenters. The maximum Gasteiger partial charge on any atom is 0.387 e. The van der Waals surface area contributed by atoms with Gasteiger partial charge in [-0.25, -0.2) is 4.98 Å². The number of thiazole rings is 1. The average Bonchev–Trinajstić information content (AvgIpc) is 3.16. The van der Waals surface area contributed by atoms with Crippen molar-refractivity contribution in [2.75, 3.05) is 13.1 Å². The molecule has 0 bridgehead atoms. The van der Waals surface area contributed by atoms with E-state index in [4.69, 9.17) is 4.74 Å². The van der Waals surface area contributed by atoms with Crippen molar-refractivity contribution >= 4 is 17.3 Å². The van der Waals surface area contributed by atoms with Gasteiger partial charge in [-0.1, -0.05) is 45.7 Å². The maximum absolute atomic E-state index is 12.9. The Balaban J connectivity index is 1.87. The Labute approximate surface area is 198 Å². The van der Waals surface area contributed by atoms with E-state index in [-0.39, 0.29) is 17.1 Å². The van der Waals surface area contributed by atoms with Crippen LogP contribution >= 0.6 is 11.3 Å². The van der Waals surface area contributed by atoms with Gasteiger partial charge in [0.2, 0.25) is 0 Å². The van der Waals surface area contributed by atoms with Crippen LogP contribution in [0.25, 0.3) is 10.6 Å². The Morgan fingerprint density at radius 2 is 2.12 bits per heavy atom. The molecule has 1 aliphatic rings. The van der Waals surface area contributed by atoms with Crippen molar-refractivity contribution in [2.45, 2.75) is 67.0 Å². The fourth-order valence-electron chi connectivity index (χ4n) is 4.76. The van der Waals surface area contributed by atoms with Gasteiger partial charge in [0.1, 0.15) is 10.8 Å². The van der Waals surface area contributed by atoms with Gasteiger partial charge in [-0.05, 0) is 43.2 Å². The minimum Gasteiger partial charge on any atom is -0.481 e. The van der Waals surface area contributed by atoms with Gasteiger partial charge >= 0.3 is 12.6 Å². The van der Waals surface area contributed by atoms with Gasteiger partial charge in [0.05, 0.1) is 11.0 Å². The van der Waals surface area contributed by atoms with E-state index in [2.05, 4.69) is 30.7 Å². The lowest BCUT2D eigenvalue weighted by molar-refractivity contribution is -0.156. The highest BCUT2D eigenvalue weighted by Gasteiger charge is 2.47. The summed E-state index contributed by atoms with van der Waals surface area (Å²) in [6.45, 7) is 9.44. The van der Waals surface area contributed by atoms with Crippen molar-refractivity contribution in [3.63, 3.8) is 0 Å². The molecule has 1 saturated heterocycles. The molecule has 1 aromatic heterocycles. The van der Waals surface area contributed by atoms with Crippen molar-refractivity contribution in [2.24, 2.45) is 16.7 Å². The van der Waals surface area contributed by atoms with Crippen molar-refractivity contribution in [3.05, 3.63) is 34.8 Å². The van der Waals surface area contributed by atoms with Gasteiger partial charge in [-0.2, -0.15) is 8.78 Å². The molecular weight excluding hydrogens is 446 g/mol. The summed E-state index contributed by atoms with van der Waals surface area (Å²) in [5.74, 6) is -0.360. The second-order valence-electron chi connectivity index (χ2n) is 10.3. The number of aromatic nitrogens is 1. The zero-order valence-corrected chi connectivity index (χ0v) is 20.8.